The lowest BCUT2D eigenvalue weighted by molar-refractivity contribution is -0.127. The molecule has 4 rings (SSSR count). The number of likely N-dealkylation sites (tertiary alicyclic amines) is 1. The summed E-state index contributed by atoms with van der Waals surface area (Å²) in [4.78, 5) is 22.4. The number of amides is 1. The molecule has 0 bridgehead atoms. The third-order valence-corrected chi connectivity index (χ3v) is 5.12. The van der Waals surface area contributed by atoms with Crippen molar-refractivity contribution in [2.24, 2.45) is 0 Å². The van der Waals surface area contributed by atoms with Gasteiger partial charge in [0, 0.05) is 23.7 Å². The fourth-order valence-corrected chi connectivity index (χ4v) is 3.67. The average Bonchev–Trinajstić information content (AvgIpc) is 3.09. The molecule has 2 N–H and O–H groups in total. The number of rotatable bonds is 3. The standard InChI is InChI=1S/C19H19ClN6O/c1-2-15(27)25-9-3-4-14(10-25)26-19-16(18(21)22-11-23-19)17(24-26)12-5-7-13(20)8-6-12/h2,5-8,11,14H,1,3-4,9-10H2,(H2,21,22,23)/t14-/m1/s1. The quantitative estimate of drug-likeness (QED) is 0.703. The first-order valence-corrected chi connectivity index (χ1v) is 9.12. The van der Waals surface area contributed by atoms with Crippen molar-refractivity contribution in [1.82, 2.24) is 24.6 Å². The highest BCUT2D eigenvalue weighted by atomic mass is 35.5. The van der Waals surface area contributed by atoms with Gasteiger partial charge in [0.05, 0.1) is 11.4 Å². The van der Waals surface area contributed by atoms with Crippen molar-refractivity contribution in [3.63, 3.8) is 0 Å². The predicted octanol–water partition coefficient (Wildman–Crippen LogP) is 3.08. The van der Waals surface area contributed by atoms with E-state index in [1.165, 1.54) is 12.4 Å². The molecule has 1 saturated heterocycles. The maximum Gasteiger partial charge on any atom is 0.246 e. The second-order valence-corrected chi connectivity index (χ2v) is 6.98. The number of hydrogen-bond acceptors (Lipinski definition) is 5. The van der Waals surface area contributed by atoms with Gasteiger partial charge in [-0.15, -0.1) is 0 Å². The van der Waals surface area contributed by atoms with Crippen molar-refractivity contribution in [1.29, 1.82) is 0 Å². The predicted molar refractivity (Wildman–Crippen MR) is 105 cm³/mol. The number of anilines is 1. The number of benzene rings is 1. The number of piperidine rings is 1. The van der Waals surface area contributed by atoms with Gasteiger partial charge in [-0.1, -0.05) is 30.3 Å². The zero-order chi connectivity index (χ0) is 19.0. The first kappa shape index (κ1) is 17.5. The molecule has 0 radical (unpaired) electrons. The highest BCUT2D eigenvalue weighted by molar-refractivity contribution is 6.30. The molecule has 1 amide bonds. The SMILES string of the molecule is C=CC(=O)N1CCC[C@@H](n2nc(-c3ccc(Cl)cc3)c3c(N)ncnc32)C1. The summed E-state index contributed by atoms with van der Waals surface area (Å²) in [5, 5.41) is 6.19. The van der Waals surface area contributed by atoms with Gasteiger partial charge in [0.1, 0.15) is 17.8 Å². The fraction of sp³-hybridized carbons (Fsp3) is 0.263. The molecule has 3 heterocycles. The third kappa shape index (κ3) is 3.14. The lowest BCUT2D eigenvalue weighted by atomic mass is 10.1. The van der Waals surface area contributed by atoms with Crippen LogP contribution in [0.1, 0.15) is 18.9 Å². The number of aromatic nitrogens is 4. The number of nitrogen functional groups attached to an aromatic ring is 1. The normalized spacial score (nSPS) is 17.2. The summed E-state index contributed by atoms with van der Waals surface area (Å²) in [5.41, 5.74) is 8.43. The molecule has 0 spiro atoms. The van der Waals surface area contributed by atoms with Crippen molar-refractivity contribution < 1.29 is 4.79 Å². The van der Waals surface area contributed by atoms with E-state index < -0.39 is 0 Å². The molecule has 0 unspecified atom stereocenters. The van der Waals surface area contributed by atoms with Gasteiger partial charge < -0.3 is 10.6 Å². The van der Waals surface area contributed by atoms with Crippen LogP contribution in [-0.2, 0) is 4.79 Å². The van der Waals surface area contributed by atoms with E-state index in [-0.39, 0.29) is 11.9 Å². The molecule has 0 aliphatic carbocycles. The van der Waals surface area contributed by atoms with Gasteiger partial charge in [0.15, 0.2) is 5.65 Å². The smallest absolute Gasteiger partial charge is 0.246 e. The molecule has 1 aliphatic rings. The Kier molecular flexibility index (Phi) is 4.53. The molecule has 1 aromatic carbocycles. The van der Waals surface area contributed by atoms with Crippen LogP contribution in [0.5, 0.6) is 0 Å². The topological polar surface area (TPSA) is 89.9 Å². The van der Waals surface area contributed by atoms with Crippen LogP contribution in [-0.4, -0.2) is 43.6 Å². The number of carbonyl (C=O) groups is 1. The summed E-state index contributed by atoms with van der Waals surface area (Å²) in [7, 11) is 0. The van der Waals surface area contributed by atoms with Crippen molar-refractivity contribution >= 4 is 34.4 Å². The van der Waals surface area contributed by atoms with Crippen LogP contribution in [0.25, 0.3) is 22.3 Å². The van der Waals surface area contributed by atoms with Crippen LogP contribution in [0, 0.1) is 0 Å². The Morgan fingerprint density at radius 3 is 2.81 bits per heavy atom. The summed E-state index contributed by atoms with van der Waals surface area (Å²) in [6, 6.07) is 7.44. The number of nitrogens with zero attached hydrogens (tertiary/aromatic N) is 5. The van der Waals surface area contributed by atoms with Crippen molar-refractivity contribution in [3.8, 4) is 11.3 Å². The second-order valence-electron chi connectivity index (χ2n) is 6.54. The minimum atomic E-state index is -0.0665. The van der Waals surface area contributed by atoms with Crippen LogP contribution in [0.15, 0.2) is 43.2 Å². The molecule has 1 aliphatic heterocycles. The monoisotopic (exact) mass is 382 g/mol. The average molecular weight is 383 g/mol. The lowest BCUT2D eigenvalue weighted by Gasteiger charge is -2.32. The largest absolute Gasteiger partial charge is 0.383 e. The number of carbonyl (C=O) groups excluding carboxylic acids is 1. The van der Waals surface area contributed by atoms with Crippen LogP contribution in [0.3, 0.4) is 0 Å². The lowest BCUT2D eigenvalue weighted by Crippen LogP contribution is -2.40. The maximum absolute atomic E-state index is 12.0. The second kappa shape index (κ2) is 7.00. The molecular weight excluding hydrogens is 364 g/mol. The van der Waals surface area contributed by atoms with E-state index in [2.05, 4.69) is 16.5 Å². The van der Waals surface area contributed by atoms with E-state index >= 15 is 0 Å². The maximum atomic E-state index is 12.0. The van der Waals surface area contributed by atoms with E-state index in [0.29, 0.717) is 34.1 Å². The summed E-state index contributed by atoms with van der Waals surface area (Å²) in [6.07, 6.45) is 4.59. The van der Waals surface area contributed by atoms with Gasteiger partial charge in [0.25, 0.3) is 0 Å². The van der Waals surface area contributed by atoms with E-state index in [9.17, 15) is 4.79 Å². The number of fused-ring (bicyclic) bond motifs is 1. The van der Waals surface area contributed by atoms with Gasteiger partial charge in [-0.2, -0.15) is 5.10 Å². The first-order valence-electron chi connectivity index (χ1n) is 8.74. The Bertz CT molecular complexity index is 1010. The Morgan fingerprint density at radius 2 is 2.07 bits per heavy atom. The highest BCUT2D eigenvalue weighted by Crippen LogP contribution is 2.34. The molecule has 27 heavy (non-hydrogen) atoms. The molecule has 7 nitrogen and oxygen atoms in total. The summed E-state index contributed by atoms with van der Waals surface area (Å²) in [6.45, 7) is 4.87. The summed E-state index contributed by atoms with van der Waals surface area (Å²) >= 11 is 6.01. The van der Waals surface area contributed by atoms with Gasteiger partial charge in [-0.25, -0.2) is 14.6 Å². The van der Waals surface area contributed by atoms with Gasteiger partial charge in [-0.3, -0.25) is 4.79 Å². The van der Waals surface area contributed by atoms with Crippen molar-refractivity contribution in [2.75, 3.05) is 18.8 Å². The molecule has 0 saturated carbocycles. The van der Waals surface area contributed by atoms with E-state index in [4.69, 9.17) is 22.4 Å². The van der Waals surface area contributed by atoms with Gasteiger partial charge in [0.2, 0.25) is 5.91 Å². The Labute approximate surface area is 161 Å². The Balaban J connectivity index is 1.82. The Morgan fingerprint density at radius 1 is 1.30 bits per heavy atom. The minimum absolute atomic E-state index is 0.0144. The molecule has 3 aromatic rings. The molecule has 1 fully saturated rings. The van der Waals surface area contributed by atoms with Crippen molar-refractivity contribution in [3.05, 3.63) is 48.3 Å². The van der Waals surface area contributed by atoms with E-state index in [1.54, 1.807) is 4.90 Å². The molecule has 138 valence electrons. The molecular formula is C19H19ClN6O. The van der Waals surface area contributed by atoms with Crippen LogP contribution >= 0.6 is 11.6 Å². The van der Waals surface area contributed by atoms with Crippen LogP contribution < -0.4 is 5.73 Å². The minimum Gasteiger partial charge on any atom is -0.383 e. The number of halogens is 1. The van der Waals surface area contributed by atoms with Crippen LogP contribution in [0.4, 0.5) is 5.82 Å². The zero-order valence-electron chi connectivity index (χ0n) is 14.7. The molecule has 2 aromatic heterocycles. The highest BCUT2D eigenvalue weighted by Gasteiger charge is 2.27. The van der Waals surface area contributed by atoms with Crippen molar-refractivity contribution in [2.45, 2.75) is 18.9 Å². The number of hydrogen-bond donors (Lipinski definition) is 1. The molecule has 1 atom stereocenters. The zero-order valence-corrected chi connectivity index (χ0v) is 15.4. The number of nitrogens with two attached hydrogens (primary N) is 1. The van der Waals surface area contributed by atoms with Gasteiger partial charge >= 0.3 is 0 Å². The molecule has 8 heteroatoms. The Hall–Kier alpha value is -2.93. The fourth-order valence-electron chi connectivity index (χ4n) is 3.54. The van der Waals surface area contributed by atoms with Gasteiger partial charge in [-0.05, 0) is 31.1 Å². The summed E-state index contributed by atoms with van der Waals surface area (Å²) < 4.78 is 1.87. The van der Waals surface area contributed by atoms with Crippen LogP contribution in [0.2, 0.25) is 5.02 Å². The van der Waals surface area contributed by atoms with E-state index in [0.717, 1.165) is 24.9 Å². The van der Waals surface area contributed by atoms with E-state index in [1.807, 2.05) is 28.9 Å². The first-order chi connectivity index (χ1) is 13.1. The third-order valence-electron chi connectivity index (χ3n) is 4.86. The summed E-state index contributed by atoms with van der Waals surface area (Å²) in [5.74, 6) is 0.314.